The molecule has 0 aliphatic carbocycles. The minimum atomic E-state index is 0.0904. The fraction of sp³-hybridized carbons (Fsp3) is 0.138. The molecule has 0 spiro atoms. The van der Waals surface area contributed by atoms with Crippen LogP contribution in [0.15, 0.2) is 170 Å². The van der Waals surface area contributed by atoms with Crippen molar-refractivity contribution < 1.29 is 37.9 Å². The Morgan fingerprint density at radius 1 is 0.294 bits per heavy atom. The van der Waals surface area contributed by atoms with Crippen LogP contribution in [0, 0.1) is 0 Å². The molecule has 10 rings (SSSR count). The third kappa shape index (κ3) is 8.65. The van der Waals surface area contributed by atoms with E-state index in [1.807, 2.05) is 84.9 Å². The van der Waals surface area contributed by atoms with Crippen LogP contribution in [0.25, 0.3) is 99.2 Å². The number of methoxy groups -OCH3 is 4. The van der Waals surface area contributed by atoms with Crippen molar-refractivity contribution in [3.8, 4) is 79.2 Å². The van der Waals surface area contributed by atoms with Crippen molar-refractivity contribution in [2.75, 3.05) is 55.6 Å². The molecule has 0 atom stereocenters. The summed E-state index contributed by atoms with van der Waals surface area (Å²) < 4.78 is 46.2. The van der Waals surface area contributed by atoms with Gasteiger partial charge in [0.25, 0.3) is 0 Å². The first-order valence-corrected chi connectivity index (χ1v) is 22.2. The van der Waals surface area contributed by atoms with Gasteiger partial charge in [0.2, 0.25) is 0 Å². The third-order valence-electron chi connectivity index (χ3n) is 11.9. The molecule has 8 aromatic carbocycles. The largest absolute Gasteiger partial charge is 0.467 e. The molecule has 0 aliphatic rings. The van der Waals surface area contributed by atoms with E-state index >= 15 is 0 Å². The number of hydrogen-bond acceptors (Lipinski definition) is 10. The minimum Gasteiger partial charge on any atom is -0.467 e. The van der Waals surface area contributed by atoms with Gasteiger partial charge in [0.05, 0.1) is 22.8 Å². The summed E-state index contributed by atoms with van der Waals surface area (Å²) in [5.41, 5.74) is 8.69. The van der Waals surface area contributed by atoms with Crippen molar-refractivity contribution in [1.82, 2.24) is 9.97 Å². The van der Waals surface area contributed by atoms with Crippen molar-refractivity contribution in [2.24, 2.45) is 0 Å². The van der Waals surface area contributed by atoms with E-state index in [1.165, 1.54) is 0 Å². The van der Waals surface area contributed by atoms with Crippen LogP contribution in [0.3, 0.4) is 0 Å². The first kappa shape index (κ1) is 44.0. The minimum absolute atomic E-state index is 0.0904. The molecule has 0 bridgehead atoms. The SMILES string of the molecule is COCOc1ccc2ccccc2c1-c1c(OCOC)ccc2cc(-c3cccc(-c4cccc(-c5ccc6c(-c7c(OCOC)ccc8ccccc78)c(OCOC)ccc6c5)n4)n3)ccc12. The zero-order chi connectivity index (χ0) is 46.4. The van der Waals surface area contributed by atoms with E-state index in [0.29, 0.717) is 23.0 Å². The molecular weight excluding hydrogens is 853 g/mol. The molecule has 0 unspecified atom stereocenters. The summed E-state index contributed by atoms with van der Waals surface area (Å²) in [6, 6.07) is 57.6. The van der Waals surface area contributed by atoms with Gasteiger partial charge in [-0.25, -0.2) is 9.97 Å². The summed E-state index contributed by atoms with van der Waals surface area (Å²) in [6.07, 6.45) is 0. The highest BCUT2D eigenvalue weighted by Gasteiger charge is 2.22. The number of pyridine rings is 2. The van der Waals surface area contributed by atoms with E-state index < -0.39 is 0 Å². The van der Waals surface area contributed by atoms with E-state index in [4.69, 9.17) is 47.9 Å². The molecule has 0 radical (unpaired) electrons. The summed E-state index contributed by atoms with van der Waals surface area (Å²) in [5, 5.41) is 8.22. The molecule has 0 amide bonds. The molecule has 0 N–H and O–H groups in total. The van der Waals surface area contributed by atoms with E-state index in [-0.39, 0.29) is 27.2 Å². The Bertz CT molecular complexity index is 3220. The predicted molar refractivity (Wildman–Crippen MR) is 269 cm³/mol. The maximum atomic E-state index is 6.22. The number of hydrogen-bond donors (Lipinski definition) is 0. The topological polar surface area (TPSA) is 99.6 Å². The number of aromatic nitrogens is 2. The maximum absolute atomic E-state index is 6.22. The Morgan fingerprint density at radius 3 is 0.985 bits per heavy atom. The summed E-state index contributed by atoms with van der Waals surface area (Å²) in [5.74, 6) is 2.73. The van der Waals surface area contributed by atoms with Crippen LogP contribution in [0.5, 0.6) is 23.0 Å². The van der Waals surface area contributed by atoms with Crippen LogP contribution in [0.1, 0.15) is 0 Å². The van der Waals surface area contributed by atoms with Crippen LogP contribution >= 0.6 is 0 Å². The highest BCUT2D eigenvalue weighted by Crippen LogP contribution is 2.48. The first-order chi connectivity index (χ1) is 33.6. The molecule has 2 heterocycles. The highest BCUT2D eigenvalue weighted by atomic mass is 16.7. The van der Waals surface area contributed by atoms with Crippen molar-refractivity contribution in [1.29, 1.82) is 0 Å². The first-order valence-electron chi connectivity index (χ1n) is 22.2. The van der Waals surface area contributed by atoms with Gasteiger partial charge < -0.3 is 37.9 Å². The molecule has 68 heavy (non-hydrogen) atoms. The molecule has 338 valence electrons. The van der Waals surface area contributed by atoms with E-state index in [1.54, 1.807) is 28.4 Å². The van der Waals surface area contributed by atoms with Gasteiger partial charge in [-0.1, -0.05) is 109 Å². The van der Waals surface area contributed by atoms with Crippen molar-refractivity contribution in [3.63, 3.8) is 0 Å². The summed E-state index contributed by atoms with van der Waals surface area (Å²) in [6.45, 7) is 0.382. The second-order valence-electron chi connectivity index (χ2n) is 16.1. The zero-order valence-corrected chi connectivity index (χ0v) is 38.2. The van der Waals surface area contributed by atoms with Crippen LogP contribution < -0.4 is 18.9 Å². The Labute approximate surface area is 394 Å². The summed E-state index contributed by atoms with van der Waals surface area (Å²) in [4.78, 5) is 10.4. The summed E-state index contributed by atoms with van der Waals surface area (Å²) >= 11 is 0. The number of benzene rings is 8. The second-order valence-corrected chi connectivity index (χ2v) is 16.1. The van der Waals surface area contributed by atoms with Gasteiger partial charge in [0.15, 0.2) is 27.2 Å². The molecule has 2 aromatic heterocycles. The Morgan fingerprint density at radius 2 is 0.618 bits per heavy atom. The normalized spacial score (nSPS) is 11.4. The Kier molecular flexibility index (Phi) is 12.9. The summed E-state index contributed by atoms with van der Waals surface area (Å²) in [7, 11) is 6.46. The van der Waals surface area contributed by atoms with E-state index in [0.717, 1.165) is 99.2 Å². The van der Waals surface area contributed by atoms with Crippen LogP contribution in [0.4, 0.5) is 0 Å². The standard InChI is InChI=1S/C58H48N2O8/c1-61-33-65-51-27-21-37-11-5-7-13-43(37)55(51)57-45-25-19-41(31-39(45)23-29-53(57)67-35-63-3)47-15-9-17-49(59-47)50-18-10-16-48(60-50)42-20-26-46-40(32-42)24-30-54(68-36-64-4)58(46)56-44-14-8-6-12-38(44)22-28-52(56)66-34-62-2/h5-32H,33-36H2,1-4H3. The lowest BCUT2D eigenvalue weighted by atomic mass is 9.91. The average Bonchev–Trinajstić information content (AvgIpc) is 3.39. The molecular formula is C58H48N2O8. The van der Waals surface area contributed by atoms with Gasteiger partial charge in [0.1, 0.15) is 23.0 Å². The molecule has 0 saturated carbocycles. The molecule has 10 heteroatoms. The van der Waals surface area contributed by atoms with Gasteiger partial charge >= 0.3 is 0 Å². The third-order valence-corrected chi connectivity index (χ3v) is 11.9. The molecule has 0 aliphatic heterocycles. The van der Waals surface area contributed by atoms with Gasteiger partial charge in [-0.05, 0) is 104 Å². The van der Waals surface area contributed by atoms with Crippen molar-refractivity contribution in [3.05, 3.63) is 170 Å². The highest BCUT2D eigenvalue weighted by molar-refractivity contribution is 6.12. The molecule has 10 aromatic rings. The number of rotatable bonds is 17. The van der Waals surface area contributed by atoms with Gasteiger partial charge in [-0.2, -0.15) is 0 Å². The smallest absolute Gasteiger partial charge is 0.188 e. The molecule has 10 nitrogen and oxygen atoms in total. The van der Waals surface area contributed by atoms with E-state index in [9.17, 15) is 0 Å². The Balaban J connectivity index is 1.02. The monoisotopic (exact) mass is 900 g/mol. The number of ether oxygens (including phenoxy) is 8. The zero-order valence-electron chi connectivity index (χ0n) is 38.2. The lowest BCUT2D eigenvalue weighted by Gasteiger charge is -2.19. The van der Waals surface area contributed by atoms with Crippen LogP contribution in [0.2, 0.25) is 0 Å². The lowest BCUT2D eigenvalue weighted by molar-refractivity contribution is 0.0502. The van der Waals surface area contributed by atoms with Crippen molar-refractivity contribution in [2.45, 2.75) is 0 Å². The second kappa shape index (κ2) is 19.9. The fourth-order valence-corrected chi connectivity index (χ4v) is 8.92. The van der Waals surface area contributed by atoms with Gasteiger partial charge in [-0.15, -0.1) is 0 Å². The average molecular weight is 901 g/mol. The van der Waals surface area contributed by atoms with Gasteiger partial charge in [0, 0.05) is 61.8 Å². The van der Waals surface area contributed by atoms with Gasteiger partial charge in [-0.3, -0.25) is 0 Å². The quantitative estimate of drug-likeness (QED) is 0.0821. The van der Waals surface area contributed by atoms with Crippen molar-refractivity contribution >= 4 is 43.1 Å². The van der Waals surface area contributed by atoms with Crippen LogP contribution in [-0.4, -0.2) is 65.6 Å². The predicted octanol–water partition coefficient (Wildman–Crippen LogP) is 13.4. The van der Waals surface area contributed by atoms with Crippen LogP contribution in [-0.2, 0) is 18.9 Å². The lowest BCUT2D eigenvalue weighted by Crippen LogP contribution is -2.04. The van der Waals surface area contributed by atoms with E-state index in [2.05, 4.69) is 84.9 Å². The number of fused-ring (bicyclic) bond motifs is 4. The Hall–Kier alpha value is -7.86. The number of nitrogens with zero attached hydrogens (tertiary/aromatic N) is 2. The molecule has 0 fully saturated rings. The maximum Gasteiger partial charge on any atom is 0.188 e. The fourth-order valence-electron chi connectivity index (χ4n) is 8.92. The molecule has 0 saturated heterocycles.